The molecule has 2 aromatic carbocycles. The van der Waals surface area contributed by atoms with E-state index >= 15 is 0 Å². The van der Waals surface area contributed by atoms with Gasteiger partial charge < -0.3 is 16.0 Å². The summed E-state index contributed by atoms with van der Waals surface area (Å²) < 4.78 is 80.4. The summed E-state index contributed by atoms with van der Waals surface area (Å²) in [5, 5.41) is 1.78. The average Bonchev–Trinajstić information content (AvgIpc) is 3.46. The van der Waals surface area contributed by atoms with E-state index in [1.165, 1.54) is 29.3 Å². The van der Waals surface area contributed by atoms with Gasteiger partial charge in [0.25, 0.3) is 5.91 Å². The molecule has 1 atom stereocenters. The summed E-state index contributed by atoms with van der Waals surface area (Å²) in [5.74, 6) is -0.992. The number of hydrogen-bond acceptors (Lipinski definition) is 7. The van der Waals surface area contributed by atoms with E-state index in [1.54, 1.807) is 12.1 Å². The van der Waals surface area contributed by atoms with Crippen molar-refractivity contribution in [1.82, 2.24) is 15.3 Å². The number of aromatic nitrogens is 2. The maximum absolute atomic E-state index is 13.5. The van der Waals surface area contributed by atoms with Crippen molar-refractivity contribution < 1.29 is 30.8 Å². The summed E-state index contributed by atoms with van der Waals surface area (Å²) >= 11 is 0. The first-order valence-electron chi connectivity index (χ1n) is 11.8. The number of carbonyl (C=O) groups excluding carboxylic acids is 1. The van der Waals surface area contributed by atoms with Gasteiger partial charge in [0.05, 0.1) is 21.2 Å². The lowest BCUT2D eigenvalue weighted by Gasteiger charge is -2.23. The van der Waals surface area contributed by atoms with E-state index in [2.05, 4.69) is 15.3 Å². The fourth-order valence-electron chi connectivity index (χ4n) is 4.75. The molecule has 200 valence electrons. The molecule has 2 heterocycles. The molecule has 1 aliphatic carbocycles. The molecule has 38 heavy (non-hydrogen) atoms. The van der Waals surface area contributed by atoms with Crippen LogP contribution >= 0.6 is 0 Å². The number of nitrogens with zero attached hydrogens (tertiary/aromatic N) is 3. The number of benzene rings is 2. The van der Waals surface area contributed by atoms with Crippen molar-refractivity contribution >= 4 is 27.5 Å². The zero-order chi connectivity index (χ0) is 27.3. The first-order chi connectivity index (χ1) is 17.9. The van der Waals surface area contributed by atoms with Crippen LogP contribution in [-0.4, -0.2) is 42.6 Å². The molecule has 5 rings (SSSR count). The van der Waals surface area contributed by atoms with Gasteiger partial charge in [-0.15, -0.1) is 0 Å². The van der Waals surface area contributed by atoms with E-state index in [0.717, 1.165) is 23.8 Å². The quantitative estimate of drug-likeness (QED) is 0.451. The summed E-state index contributed by atoms with van der Waals surface area (Å²) in [6.45, 7) is -0.0632. The van der Waals surface area contributed by atoms with E-state index in [1.807, 2.05) is 0 Å². The zero-order valence-corrected chi connectivity index (χ0v) is 20.7. The Balaban J connectivity index is 1.40. The molecule has 0 spiro atoms. The molecule has 1 amide bonds. The molecule has 13 heteroatoms. The van der Waals surface area contributed by atoms with Crippen molar-refractivity contribution in [3.63, 3.8) is 0 Å². The smallest absolute Gasteiger partial charge is 0.368 e. The standard InChI is InChI=1S/C25H23F4N5O3S/c26-16-7-5-15(6-8-16)24(10-11-24)33-22(35)18-13-31-23(30)32-21(18)34-12-9-17(14-34)38(36,37)20-4-2-1-3-19(20)25(27,28)29/h1-8,13,17H,9-12,14H2,(H,33,35)(H2,30,31,32)/t17-/m0/s1. The monoisotopic (exact) mass is 549 g/mol. The molecule has 1 saturated carbocycles. The molecule has 0 unspecified atom stereocenters. The summed E-state index contributed by atoms with van der Waals surface area (Å²) in [4.78, 5) is 22.1. The summed E-state index contributed by atoms with van der Waals surface area (Å²) in [5.41, 5.74) is 4.64. The molecule has 1 saturated heterocycles. The van der Waals surface area contributed by atoms with Crippen molar-refractivity contribution in [2.24, 2.45) is 0 Å². The Hall–Kier alpha value is -3.74. The molecule has 0 bridgehead atoms. The van der Waals surface area contributed by atoms with Crippen molar-refractivity contribution in [3.8, 4) is 0 Å². The van der Waals surface area contributed by atoms with E-state index in [-0.39, 0.29) is 36.8 Å². The second kappa shape index (κ2) is 9.22. The van der Waals surface area contributed by atoms with Crippen LogP contribution in [0.25, 0.3) is 0 Å². The van der Waals surface area contributed by atoms with Gasteiger partial charge in [0.2, 0.25) is 5.95 Å². The number of halogens is 4. The topological polar surface area (TPSA) is 118 Å². The maximum Gasteiger partial charge on any atom is 0.417 e. The van der Waals surface area contributed by atoms with Crippen LogP contribution in [0, 0.1) is 5.82 Å². The SMILES string of the molecule is Nc1ncc(C(=O)NC2(c3ccc(F)cc3)CC2)c(N2CC[C@H](S(=O)(=O)c3ccccc3C(F)(F)F)C2)n1. The Labute approximate surface area is 215 Å². The minimum Gasteiger partial charge on any atom is -0.368 e. The van der Waals surface area contributed by atoms with Gasteiger partial charge in [0, 0.05) is 19.3 Å². The van der Waals surface area contributed by atoms with Gasteiger partial charge in [-0.3, -0.25) is 4.79 Å². The lowest BCUT2D eigenvalue weighted by molar-refractivity contribution is -0.139. The number of anilines is 2. The second-order valence-corrected chi connectivity index (χ2v) is 11.6. The van der Waals surface area contributed by atoms with Crippen LogP contribution in [-0.2, 0) is 21.6 Å². The molecular weight excluding hydrogens is 526 g/mol. The van der Waals surface area contributed by atoms with Gasteiger partial charge in [-0.25, -0.2) is 17.8 Å². The van der Waals surface area contributed by atoms with E-state index in [9.17, 15) is 30.8 Å². The highest BCUT2D eigenvalue weighted by Gasteiger charge is 2.47. The Morgan fingerprint density at radius 2 is 1.79 bits per heavy atom. The van der Waals surface area contributed by atoms with Crippen LogP contribution in [0.15, 0.2) is 59.6 Å². The minimum atomic E-state index is -4.84. The zero-order valence-electron chi connectivity index (χ0n) is 19.9. The Kier molecular flexibility index (Phi) is 6.28. The van der Waals surface area contributed by atoms with Crippen molar-refractivity contribution in [2.75, 3.05) is 23.7 Å². The van der Waals surface area contributed by atoms with E-state index in [4.69, 9.17) is 5.73 Å². The summed E-state index contributed by atoms with van der Waals surface area (Å²) in [6.07, 6.45) is -2.30. The fraction of sp³-hybridized carbons (Fsp3) is 0.320. The Bertz CT molecular complexity index is 1490. The first kappa shape index (κ1) is 25.9. The Morgan fingerprint density at radius 3 is 2.45 bits per heavy atom. The van der Waals surface area contributed by atoms with E-state index in [0.29, 0.717) is 12.8 Å². The highest BCUT2D eigenvalue weighted by atomic mass is 32.2. The molecule has 8 nitrogen and oxygen atoms in total. The largest absolute Gasteiger partial charge is 0.417 e. The lowest BCUT2D eigenvalue weighted by atomic mass is 10.0. The predicted molar refractivity (Wildman–Crippen MR) is 130 cm³/mol. The predicted octanol–water partition coefficient (Wildman–Crippen LogP) is 3.69. The molecule has 0 radical (unpaired) electrons. The van der Waals surface area contributed by atoms with Gasteiger partial charge in [-0.05, 0) is 49.1 Å². The number of amides is 1. The van der Waals surface area contributed by atoms with Crippen molar-refractivity contribution in [2.45, 2.75) is 41.1 Å². The number of nitrogens with two attached hydrogens (primary N) is 1. The molecule has 1 aromatic heterocycles. The van der Waals surface area contributed by atoms with Crippen LogP contribution in [0.3, 0.4) is 0 Å². The normalized spacial score (nSPS) is 18.8. The lowest BCUT2D eigenvalue weighted by Crippen LogP contribution is -2.37. The minimum absolute atomic E-state index is 0.0268. The summed E-state index contributed by atoms with van der Waals surface area (Å²) in [7, 11) is -4.36. The average molecular weight is 550 g/mol. The molecular formula is C25H23F4N5O3S. The van der Waals surface area contributed by atoms with Gasteiger partial charge in [-0.1, -0.05) is 24.3 Å². The molecule has 2 aliphatic rings. The number of hydrogen-bond donors (Lipinski definition) is 2. The molecule has 3 aromatic rings. The van der Waals surface area contributed by atoms with Crippen LogP contribution < -0.4 is 16.0 Å². The highest BCUT2D eigenvalue weighted by molar-refractivity contribution is 7.92. The van der Waals surface area contributed by atoms with Crippen molar-refractivity contribution in [3.05, 3.63) is 77.2 Å². The van der Waals surface area contributed by atoms with Gasteiger partial charge >= 0.3 is 6.18 Å². The number of carbonyl (C=O) groups is 1. The maximum atomic E-state index is 13.5. The number of sulfone groups is 1. The van der Waals surface area contributed by atoms with Crippen LogP contribution in [0.5, 0.6) is 0 Å². The first-order valence-corrected chi connectivity index (χ1v) is 13.3. The second-order valence-electron chi connectivity index (χ2n) is 9.40. The van der Waals surface area contributed by atoms with E-state index < -0.39 is 49.0 Å². The highest BCUT2D eigenvalue weighted by Crippen LogP contribution is 2.46. The van der Waals surface area contributed by atoms with Crippen LogP contribution in [0.4, 0.5) is 29.3 Å². The number of nitrogens with one attached hydrogen (secondary N) is 1. The van der Waals surface area contributed by atoms with Gasteiger partial charge in [0.15, 0.2) is 9.84 Å². The Morgan fingerprint density at radius 1 is 1.11 bits per heavy atom. The van der Waals surface area contributed by atoms with Gasteiger partial charge in [-0.2, -0.15) is 18.2 Å². The number of nitrogen functional groups attached to an aromatic ring is 1. The third kappa shape index (κ3) is 4.77. The third-order valence-electron chi connectivity index (χ3n) is 6.91. The van der Waals surface area contributed by atoms with Crippen LogP contribution in [0.1, 0.15) is 40.7 Å². The van der Waals surface area contributed by atoms with Gasteiger partial charge in [0.1, 0.15) is 17.2 Å². The number of rotatable bonds is 6. The summed E-state index contributed by atoms with van der Waals surface area (Å²) in [6, 6.07) is 9.87. The third-order valence-corrected chi connectivity index (χ3v) is 9.15. The number of alkyl halides is 3. The molecule has 3 N–H and O–H groups in total. The van der Waals surface area contributed by atoms with Crippen molar-refractivity contribution in [1.29, 1.82) is 0 Å². The fourth-order valence-corrected chi connectivity index (χ4v) is 6.66. The molecule has 1 aliphatic heterocycles. The van der Waals surface area contributed by atoms with Crippen LogP contribution in [0.2, 0.25) is 0 Å². The molecule has 2 fully saturated rings.